The van der Waals surface area contributed by atoms with Crippen LogP contribution in [0.3, 0.4) is 0 Å². The molecule has 0 aliphatic rings. The Labute approximate surface area is 185 Å². The molecular formula is C19H20N4O7S2. The minimum atomic E-state index is -4.06. The molecule has 0 atom stereocenters. The molecule has 1 heterocycles. The van der Waals surface area contributed by atoms with E-state index in [0.29, 0.717) is 5.75 Å². The molecular weight excluding hydrogens is 460 g/mol. The number of sulfonamides is 2. The molecule has 0 saturated carbocycles. The molecule has 0 unspecified atom stereocenters. The molecule has 32 heavy (non-hydrogen) atoms. The van der Waals surface area contributed by atoms with Gasteiger partial charge in [0, 0.05) is 5.69 Å². The van der Waals surface area contributed by atoms with Crippen molar-refractivity contribution in [3.8, 4) is 17.5 Å². The van der Waals surface area contributed by atoms with E-state index in [9.17, 15) is 16.8 Å². The van der Waals surface area contributed by atoms with E-state index in [0.717, 1.165) is 0 Å². The van der Waals surface area contributed by atoms with Crippen LogP contribution in [0.2, 0.25) is 0 Å². The van der Waals surface area contributed by atoms with Crippen molar-refractivity contribution in [2.75, 3.05) is 30.8 Å². The number of aromatic nitrogens is 2. The van der Waals surface area contributed by atoms with Crippen molar-refractivity contribution in [2.45, 2.75) is 9.79 Å². The summed E-state index contributed by atoms with van der Waals surface area (Å²) in [5.74, 6) is 0.491. The van der Waals surface area contributed by atoms with E-state index in [1.165, 1.54) is 75.9 Å². The highest BCUT2D eigenvalue weighted by Crippen LogP contribution is 2.23. The van der Waals surface area contributed by atoms with Gasteiger partial charge in [-0.3, -0.25) is 4.72 Å². The third kappa shape index (κ3) is 5.36. The van der Waals surface area contributed by atoms with Gasteiger partial charge in [-0.25, -0.2) is 21.6 Å². The van der Waals surface area contributed by atoms with Crippen LogP contribution < -0.4 is 23.7 Å². The Balaban J connectivity index is 1.78. The third-order valence-electron chi connectivity index (χ3n) is 4.11. The van der Waals surface area contributed by atoms with Crippen molar-refractivity contribution < 1.29 is 31.0 Å². The summed E-state index contributed by atoms with van der Waals surface area (Å²) in [7, 11) is -3.72. The molecule has 1 aromatic heterocycles. The van der Waals surface area contributed by atoms with Crippen molar-refractivity contribution in [3.05, 3.63) is 54.6 Å². The summed E-state index contributed by atoms with van der Waals surface area (Å²) in [5, 5.41) is 0. The van der Waals surface area contributed by atoms with Crippen LogP contribution in [0.15, 0.2) is 64.4 Å². The monoisotopic (exact) mass is 480 g/mol. The number of hydrogen-bond acceptors (Lipinski definition) is 9. The van der Waals surface area contributed by atoms with Crippen molar-refractivity contribution in [3.63, 3.8) is 0 Å². The van der Waals surface area contributed by atoms with Crippen LogP contribution in [0.1, 0.15) is 0 Å². The highest BCUT2D eigenvalue weighted by molar-refractivity contribution is 7.93. The molecule has 0 bridgehead atoms. The van der Waals surface area contributed by atoms with Crippen LogP contribution in [0.25, 0.3) is 0 Å². The molecule has 0 saturated heterocycles. The number of nitrogens with zero attached hydrogens (tertiary/aromatic N) is 2. The maximum Gasteiger partial charge on any atom is 0.264 e. The van der Waals surface area contributed by atoms with E-state index >= 15 is 0 Å². The van der Waals surface area contributed by atoms with Gasteiger partial charge in [0.1, 0.15) is 5.75 Å². The summed E-state index contributed by atoms with van der Waals surface area (Å²) >= 11 is 0. The second-order valence-corrected chi connectivity index (χ2v) is 9.55. The number of methoxy groups -OCH3 is 3. The van der Waals surface area contributed by atoms with Gasteiger partial charge in [0.15, 0.2) is 0 Å². The van der Waals surface area contributed by atoms with Gasteiger partial charge in [-0.05, 0) is 48.5 Å². The molecule has 0 aliphatic carbocycles. The van der Waals surface area contributed by atoms with Gasteiger partial charge in [0.25, 0.3) is 20.0 Å². The fourth-order valence-electron chi connectivity index (χ4n) is 2.51. The molecule has 0 aliphatic heterocycles. The lowest BCUT2D eigenvalue weighted by Crippen LogP contribution is -2.16. The fraction of sp³-hybridized carbons (Fsp3) is 0.158. The third-order valence-corrected chi connectivity index (χ3v) is 6.85. The minimum Gasteiger partial charge on any atom is -0.497 e. The predicted molar refractivity (Wildman–Crippen MR) is 116 cm³/mol. The Bertz CT molecular complexity index is 1270. The maximum atomic E-state index is 12.7. The molecule has 0 amide bonds. The van der Waals surface area contributed by atoms with E-state index in [-0.39, 0.29) is 33.2 Å². The summed E-state index contributed by atoms with van der Waals surface area (Å²) in [6, 6.07) is 12.3. The Hall–Kier alpha value is -3.58. The Kier molecular flexibility index (Phi) is 6.69. The molecule has 13 heteroatoms. The summed E-state index contributed by atoms with van der Waals surface area (Å²) in [6.07, 6.45) is 0. The molecule has 0 spiro atoms. The first-order chi connectivity index (χ1) is 15.2. The molecule has 3 aromatic rings. The zero-order valence-corrected chi connectivity index (χ0v) is 18.9. The highest BCUT2D eigenvalue weighted by atomic mass is 32.2. The predicted octanol–water partition coefficient (Wildman–Crippen LogP) is 2.10. The fourth-order valence-corrected chi connectivity index (χ4v) is 4.51. The summed E-state index contributed by atoms with van der Waals surface area (Å²) in [6.45, 7) is 0. The van der Waals surface area contributed by atoms with E-state index in [1.807, 2.05) is 0 Å². The quantitative estimate of drug-likeness (QED) is 0.470. The van der Waals surface area contributed by atoms with Gasteiger partial charge in [0.2, 0.25) is 17.7 Å². The first-order valence-electron chi connectivity index (χ1n) is 8.93. The van der Waals surface area contributed by atoms with Gasteiger partial charge in [-0.2, -0.15) is 9.97 Å². The van der Waals surface area contributed by atoms with E-state index < -0.39 is 20.0 Å². The molecule has 2 aromatic carbocycles. The van der Waals surface area contributed by atoms with Gasteiger partial charge >= 0.3 is 0 Å². The smallest absolute Gasteiger partial charge is 0.264 e. The van der Waals surface area contributed by atoms with Crippen molar-refractivity contribution >= 4 is 31.7 Å². The average molecular weight is 481 g/mol. The summed E-state index contributed by atoms with van der Waals surface area (Å²) < 4.78 is 70.0. The lowest BCUT2D eigenvalue weighted by Gasteiger charge is -2.11. The van der Waals surface area contributed by atoms with E-state index in [1.54, 1.807) is 0 Å². The van der Waals surface area contributed by atoms with Crippen LogP contribution >= 0.6 is 0 Å². The van der Waals surface area contributed by atoms with Crippen LogP contribution in [0.4, 0.5) is 11.6 Å². The second-order valence-electron chi connectivity index (χ2n) is 6.19. The summed E-state index contributed by atoms with van der Waals surface area (Å²) in [5.41, 5.74) is 0.180. The van der Waals surface area contributed by atoms with Gasteiger partial charge in [-0.1, -0.05) is 0 Å². The normalized spacial score (nSPS) is 11.5. The van der Waals surface area contributed by atoms with Gasteiger partial charge in [-0.15, -0.1) is 0 Å². The molecule has 2 N–H and O–H groups in total. The van der Waals surface area contributed by atoms with Gasteiger partial charge < -0.3 is 14.2 Å². The number of rotatable bonds is 9. The molecule has 170 valence electrons. The number of nitrogens with one attached hydrogen (secondary N) is 2. The van der Waals surface area contributed by atoms with Gasteiger partial charge in [0.05, 0.1) is 37.2 Å². The zero-order valence-electron chi connectivity index (χ0n) is 17.3. The molecule has 11 nitrogen and oxygen atoms in total. The Morgan fingerprint density at radius 1 is 0.656 bits per heavy atom. The number of ether oxygens (including phenoxy) is 3. The molecule has 0 fully saturated rings. The molecule has 3 rings (SSSR count). The maximum absolute atomic E-state index is 12.7. The largest absolute Gasteiger partial charge is 0.497 e. The van der Waals surface area contributed by atoms with Crippen LogP contribution in [0.5, 0.6) is 17.5 Å². The van der Waals surface area contributed by atoms with Crippen molar-refractivity contribution in [1.29, 1.82) is 0 Å². The summed E-state index contributed by atoms with van der Waals surface area (Å²) in [4.78, 5) is 7.74. The highest BCUT2D eigenvalue weighted by Gasteiger charge is 2.19. The Morgan fingerprint density at radius 3 is 1.59 bits per heavy atom. The first kappa shape index (κ1) is 23.1. The lowest BCUT2D eigenvalue weighted by molar-refractivity contribution is 0.373. The number of benzene rings is 2. The lowest BCUT2D eigenvalue weighted by atomic mass is 10.3. The van der Waals surface area contributed by atoms with Crippen molar-refractivity contribution in [1.82, 2.24) is 9.97 Å². The Morgan fingerprint density at radius 2 is 1.12 bits per heavy atom. The SMILES string of the molecule is COc1ccc(S(=O)(=O)Nc2ccc(S(=O)(=O)Nc3nc(OC)cc(OC)n3)cc2)cc1. The van der Waals surface area contributed by atoms with E-state index in [2.05, 4.69) is 19.4 Å². The molecule has 0 radical (unpaired) electrons. The number of anilines is 2. The van der Waals surface area contributed by atoms with Crippen LogP contribution in [-0.2, 0) is 20.0 Å². The van der Waals surface area contributed by atoms with E-state index in [4.69, 9.17) is 14.2 Å². The van der Waals surface area contributed by atoms with Crippen LogP contribution in [0, 0.1) is 0 Å². The zero-order chi connectivity index (χ0) is 23.4. The first-order valence-corrected chi connectivity index (χ1v) is 11.9. The van der Waals surface area contributed by atoms with Crippen molar-refractivity contribution in [2.24, 2.45) is 0 Å². The standard InChI is InChI=1S/C19H20N4O7S2/c1-28-14-6-10-16(11-7-14)31(24,25)22-13-4-8-15(9-5-13)32(26,27)23-19-20-17(29-2)12-18(21-19)30-3/h4-12,22H,1-3H3,(H,20,21,23). The second kappa shape index (κ2) is 9.28. The van der Waals surface area contributed by atoms with Crippen LogP contribution in [-0.4, -0.2) is 48.1 Å². The minimum absolute atomic E-state index is 0.0285. The number of hydrogen-bond donors (Lipinski definition) is 2. The topological polar surface area (TPSA) is 146 Å². The average Bonchev–Trinajstić information content (AvgIpc) is 2.78.